The molecule has 0 bridgehead atoms. The van der Waals surface area contributed by atoms with Crippen molar-refractivity contribution < 1.29 is 0 Å². The largest absolute Gasteiger partial charge is 0.358 e. The molecular weight excluding hydrogens is 530 g/mol. The van der Waals surface area contributed by atoms with Crippen molar-refractivity contribution in [2.75, 3.05) is 0 Å². The second-order valence-electron chi connectivity index (χ2n) is 12.8. The van der Waals surface area contributed by atoms with Crippen molar-refractivity contribution in [1.82, 2.24) is 4.98 Å². The topological polar surface area (TPSA) is 15.8 Å². The molecule has 0 radical (unpaired) electrons. The molecule has 260 valence electrons. The molecule has 1 atom stereocenters. The second kappa shape index (κ2) is 32.6. The molecule has 0 amide bonds. The number of hydrogen-bond donors (Lipinski definition) is 1. The summed E-state index contributed by atoms with van der Waals surface area (Å²) in [5.41, 5.74) is 6.19. The molecule has 0 aliphatic heterocycles. The predicted octanol–water partition coefficient (Wildman–Crippen LogP) is 15.8. The van der Waals surface area contributed by atoms with Crippen molar-refractivity contribution in [2.45, 2.75) is 188 Å². The van der Waals surface area contributed by atoms with E-state index in [4.69, 9.17) is 0 Å². The van der Waals surface area contributed by atoms with Crippen LogP contribution >= 0.6 is 0 Å². The lowest BCUT2D eigenvalue weighted by Gasteiger charge is -2.17. The fourth-order valence-electron chi connectivity index (χ4n) is 5.03. The fraction of sp³-hybridized carbons (Fsp3) is 0.721. The summed E-state index contributed by atoms with van der Waals surface area (Å²) >= 11 is 0. The number of aryl methyl sites for hydroxylation is 2. The van der Waals surface area contributed by atoms with Gasteiger partial charge in [0.25, 0.3) is 0 Å². The van der Waals surface area contributed by atoms with Crippen molar-refractivity contribution in [2.24, 2.45) is 17.3 Å². The van der Waals surface area contributed by atoms with Gasteiger partial charge in [-0.3, -0.25) is 0 Å². The average Bonchev–Trinajstić information content (AvgIpc) is 3.37. The molecule has 3 rings (SSSR count). The Morgan fingerprint density at radius 2 is 1.41 bits per heavy atom. The Morgan fingerprint density at radius 3 is 1.80 bits per heavy atom. The van der Waals surface area contributed by atoms with Crippen molar-refractivity contribution in [3.05, 3.63) is 59.8 Å². The second-order valence-corrected chi connectivity index (χ2v) is 12.8. The van der Waals surface area contributed by atoms with Gasteiger partial charge < -0.3 is 4.98 Å². The highest BCUT2D eigenvalue weighted by Gasteiger charge is 2.18. The van der Waals surface area contributed by atoms with E-state index in [0.29, 0.717) is 17.3 Å². The Labute approximate surface area is 280 Å². The van der Waals surface area contributed by atoms with Crippen molar-refractivity contribution in [1.29, 1.82) is 0 Å². The van der Waals surface area contributed by atoms with E-state index in [9.17, 15) is 0 Å². The van der Waals surface area contributed by atoms with Crippen LogP contribution in [0.2, 0.25) is 0 Å². The van der Waals surface area contributed by atoms with Crippen LogP contribution in [0.3, 0.4) is 0 Å². The lowest BCUT2D eigenvalue weighted by Crippen LogP contribution is -2.05. The molecule has 1 aliphatic carbocycles. The number of aromatic nitrogens is 1. The summed E-state index contributed by atoms with van der Waals surface area (Å²) in [6, 6.07) is 6.74. The van der Waals surface area contributed by atoms with E-state index in [1.807, 2.05) is 48.5 Å². The zero-order valence-corrected chi connectivity index (χ0v) is 33.5. The minimum Gasteiger partial charge on any atom is -0.358 e. The van der Waals surface area contributed by atoms with Crippen LogP contribution in [-0.4, -0.2) is 4.98 Å². The van der Waals surface area contributed by atoms with E-state index < -0.39 is 0 Å². The maximum absolute atomic E-state index is 3.66. The van der Waals surface area contributed by atoms with E-state index in [-0.39, 0.29) is 0 Å². The highest BCUT2D eigenvalue weighted by atomic mass is 14.7. The molecule has 1 aromatic carbocycles. The van der Waals surface area contributed by atoms with Crippen LogP contribution in [0.25, 0.3) is 10.9 Å². The Kier molecular flexibility index (Phi) is 36.4. The van der Waals surface area contributed by atoms with E-state index in [1.165, 1.54) is 91.9 Å². The fourth-order valence-corrected chi connectivity index (χ4v) is 5.03. The molecule has 0 spiro atoms. The number of rotatable bonds is 7. The minimum atomic E-state index is 0.550. The molecule has 2 aromatic rings. The van der Waals surface area contributed by atoms with E-state index in [1.54, 1.807) is 6.08 Å². The van der Waals surface area contributed by atoms with Gasteiger partial charge >= 0.3 is 0 Å². The SMILES string of the molecule is C=CC.CC.CC.CC.CCC=CC1CCCCC1.CCCC(C)(C)C.CCCc1c(C(C)C(C)C)[nH]c2ccc(C)cc12. The lowest BCUT2D eigenvalue weighted by atomic mass is 9.89. The Balaban J connectivity index is -0.000000261. The molecule has 1 heteroatoms. The molecule has 1 nitrogen and oxygen atoms in total. The summed E-state index contributed by atoms with van der Waals surface area (Å²) in [7, 11) is 0. The van der Waals surface area contributed by atoms with Crippen molar-refractivity contribution in [3.63, 3.8) is 0 Å². The van der Waals surface area contributed by atoms with Crippen molar-refractivity contribution >= 4 is 10.9 Å². The first-order valence-corrected chi connectivity index (χ1v) is 18.8. The van der Waals surface area contributed by atoms with Gasteiger partial charge in [0.2, 0.25) is 0 Å². The molecule has 1 fully saturated rings. The number of allylic oxidation sites excluding steroid dienone is 3. The molecule has 1 aliphatic rings. The summed E-state index contributed by atoms with van der Waals surface area (Å²) in [5, 5.41) is 1.43. The summed E-state index contributed by atoms with van der Waals surface area (Å²) < 4.78 is 0. The van der Waals surface area contributed by atoms with Crippen LogP contribution in [0.15, 0.2) is 43.0 Å². The molecular formula is C43H83N. The molecule has 1 heterocycles. The average molecular weight is 614 g/mol. The molecule has 1 aromatic heterocycles. The molecule has 1 saturated carbocycles. The molecule has 1 N–H and O–H groups in total. The number of hydrogen-bond acceptors (Lipinski definition) is 0. The first kappa shape index (κ1) is 49.1. The summed E-state index contributed by atoms with van der Waals surface area (Å²) in [6.07, 6.45) is 20.0. The van der Waals surface area contributed by atoms with Crippen LogP contribution in [0.5, 0.6) is 0 Å². The number of fused-ring (bicyclic) bond motifs is 1. The first-order valence-electron chi connectivity index (χ1n) is 18.8. The van der Waals surface area contributed by atoms with Gasteiger partial charge in [-0.15, -0.1) is 6.58 Å². The highest BCUT2D eigenvalue weighted by Crippen LogP contribution is 2.33. The predicted molar refractivity (Wildman–Crippen MR) is 211 cm³/mol. The van der Waals surface area contributed by atoms with E-state index in [2.05, 4.69) is 111 Å². The van der Waals surface area contributed by atoms with Gasteiger partial charge in [-0.05, 0) is 86.8 Å². The lowest BCUT2D eigenvalue weighted by molar-refractivity contribution is 0.373. The van der Waals surface area contributed by atoms with Crippen LogP contribution in [0, 0.1) is 24.2 Å². The molecule has 1 unspecified atom stereocenters. The quantitative estimate of drug-likeness (QED) is 0.299. The maximum atomic E-state index is 3.66. The Bertz CT molecular complexity index is 884. The van der Waals surface area contributed by atoms with Crippen LogP contribution in [0.4, 0.5) is 0 Å². The number of nitrogens with one attached hydrogen (secondary N) is 1. The third-order valence-corrected chi connectivity index (χ3v) is 7.34. The standard InChI is InChI=1S/C17H25N.C10H18.C7H16.C3H6.3C2H6/c1-6-7-14-15-10-12(4)8-9-16(15)18-17(14)13(5)11(2)3;1-2-3-7-10-8-5-4-6-9-10;1-5-6-7(2,3)4;1-3-2;3*1-2/h8-11,13,18H,6-7H2,1-5H3;3,7,10H,2,4-6,8-9H2,1H3;5-6H2,1-4H3;3H,1H2,2H3;3*1-2H3. The summed E-state index contributed by atoms with van der Waals surface area (Å²) in [5.74, 6) is 2.20. The van der Waals surface area contributed by atoms with Gasteiger partial charge in [-0.1, -0.05) is 166 Å². The van der Waals surface area contributed by atoms with Crippen molar-refractivity contribution in [3.8, 4) is 0 Å². The summed E-state index contributed by atoms with van der Waals surface area (Å²) in [4.78, 5) is 3.66. The van der Waals surface area contributed by atoms with Gasteiger partial charge in [-0.25, -0.2) is 0 Å². The molecule has 0 saturated heterocycles. The van der Waals surface area contributed by atoms with E-state index in [0.717, 1.165) is 5.92 Å². The highest BCUT2D eigenvalue weighted by molar-refractivity contribution is 5.85. The van der Waals surface area contributed by atoms with Crippen LogP contribution in [-0.2, 0) is 6.42 Å². The van der Waals surface area contributed by atoms with Crippen LogP contribution < -0.4 is 0 Å². The van der Waals surface area contributed by atoms with Crippen LogP contribution in [0.1, 0.15) is 191 Å². The third kappa shape index (κ3) is 24.5. The smallest absolute Gasteiger partial charge is 0.0459 e. The van der Waals surface area contributed by atoms with Gasteiger partial charge in [-0.2, -0.15) is 0 Å². The monoisotopic (exact) mass is 614 g/mol. The Morgan fingerprint density at radius 1 is 0.886 bits per heavy atom. The number of H-pyrrole nitrogens is 1. The first-order chi connectivity index (χ1) is 20.9. The van der Waals surface area contributed by atoms with E-state index >= 15 is 0 Å². The van der Waals surface area contributed by atoms with Gasteiger partial charge in [0.1, 0.15) is 0 Å². The normalized spacial score (nSPS) is 13.1. The zero-order valence-electron chi connectivity index (χ0n) is 33.5. The maximum Gasteiger partial charge on any atom is 0.0459 e. The number of aromatic amines is 1. The molecule has 44 heavy (non-hydrogen) atoms. The third-order valence-electron chi connectivity index (χ3n) is 7.34. The van der Waals surface area contributed by atoms with Gasteiger partial charge in [0.15, 0.2) is 0 Å². The zero-order chi connectivity index (χ0) is 35.1. The minimum absolute atomic E-state index is 0.550. The number of benzene rings is 1. The summed E-state index contributed by atoms with van der Waals surface area (Å²) in [6.45, 7) is 39.9. The van der Waals surface area contributed by atoms with Gasteiger partial charge in [0.05, 0.1) is 0 Å². The Hall–Kier alpha value is -1.76. The van der Waals surface area contributed by atoms with Gasteiger partial charge in [0, 0.05) is 16.6 Å².